The quantitative estimate of drug-likeness (QED) is 0.924. The average molecular weight is 282 g/mol. The summed E-state index contributed by atoms with van der Waals surface area (Å²) in [5, 5.41) is 0. The third kappa shape index (κ3) is 3.33. The van der Waals surface area contributed by atoms with Crippen LogP contribution in [0.2, 0.25) is 0 Å². The number of hydrogen-bond acceptors (Lipinski definition) is 2. The lowest BCUT2D eigenvalue weighted by Gasteiger charge is -2.38. The topological polar surface area (TPSA) is 46.3 Å². The fourth-order valence-corrected chi connectivity index (χ4v) is 2.76. The molecule has 1 amide bonds. The van der Waals surface area contributed by atoms with Gasteiger partial charge in [-0.2, -0.15) is 0 Å². The first-order chi connectivity index (χ1) is 9.49. The van der Waals surface area contributed by atoms with Crippen molar-refractivity contribution >= 4 is 5.91 Å². The van der Waals surface area contributed by atoms with Crippen LogP contribution >= 0.6 is 0 Å². The Morgan fingerprint density at radius 1 is 1.45 bits per heavy atom. The Balaban J connectivity index is 2.12. The standard InChI is InChI=1S/C15H20F2N2O/c1-10(18)14-4-2-3-7-19(14)15(20)9-11-8-12(16)5-6-13(11)17/h5-6,8,10,14H,2-4,7,9,18H2,1H3/t10-,14-/m0/s1. The van der Waals surface area contributed by atoms with Gasteiger partial charge in [-0.1, -0.05) is 0 Å². The van der Waals surface area contributed by atoms with E-state index in [1.54, 1.807) is 4.90 Å². The highest BCUT2D eigenvalue weighted by molar-refractivity contribution is 5.79. The summed E-state index contributed by atoms with van der Waals surface area (Å²) in [4.78, 5) is 14.0. The van der Waals surface area contributed by atoms with Crippen molar-refractivity contribution in [2.45, 2.75) is 44.7 Å². The minimum Gasteiger partial charge on any atom is -0.338 e. The first-order valence-electron chi connectivity index (χ1n) is 6.98. The molecule has 1 aliphatic rings. The van der Waals surface area contributed by atoms with Gasteiger partial charge in [-0.25, -0.2) is 8.78 Å². The number of nitrogens with two attached hydrogens (primary N) is 1. The maximum absolute atomic E-state index is 13.6. The summed E-state index contributed by atoms with van der Waals surface area (Å²) in [5.74, 6) is -1.26. The summed E-state index contributed by atoms with van der Waals surface area (Å²) in [6.07, 6.45) is 2.73. The highest BCUT2D eigenvalue weighted by Crippen LogP contribution is 2.21. The number of carbonyl (C=O) groups excluding carboxylic acids is 1. The minimum absolute atomic E-state index is 0.00660. The fourth-order valence-electron chi connectivity index (χ4n) is 2.76. The maximum Gasteiger partial charge on any atom is 0.227 e. The molecule has 1 saturated heterocycles. The molecule has 0 unspecified atom stereocenters. The second-order valence-corrected chi connectivity index (χ2v) is 5.42. The van der Waals surface area contributed by atoms with Gasteiger partial charge in [0.25, 0.3) is 0 Å². The van der Waals surface area contributed by atoms with Crippen LogP contribution in [0.15, 0.2) is 18.2 Å². The van der Waals surface area contributed by atoms with Crippen LogP contribution in [0, 0.1) is 11.6 Å². The van der Waals surface area contributed by atoms with Gasteiger partial charge in [-0.3, -0.25) is 4.79 Å². The lowest BCUT2D eigenvalue weighted by molar-refractivity contribution is -0.134. The van der Waals surface area contributed by atoms with Crippen molar-refractivity contribution in [3.8, 4) is 0 Å². The van der Waals surface area contributed by atoms with Crippen molar-refractivity contribution in [2.75, 3.05) is 6.54 Å². The smallest absolute Gasteiger partial charge is 0.227 e. The van der Waals surface area contributed by atoms with Crippen molar-refractivity contribution in [1.29, 1.82) is 0 Å². The molecule has 0 saturated carbocycles. The highest BCUT2D eigenvalue weighted by atomic mass is 19.1. The van der Waals surface area contributed by atoms with Gasteiger partial charge in [-0.15, -0.1) is 0 Å². The highest BCUT2D eigenvalue weighted by Gasteiger charge is 2.29. The van der Waals surface area contributed by atoms with E-state index in [-0.39, 0.29) is 30.0 Å². The monoisotopic (exact) mass is 282 g/mol. The van der Waals surface area contributed by atoms with E-state index in [0.29, 0.717) is 6.54 Å². The van der Waals surface area contributed by atoms with Gasteiger partial charge in [0, 0.05) is 24.2 Å². The van der Waals surface area contributed by atoms with E-state index in [0.717, 1.165) is 37.5 Å². The SMILES string of the molecule is C[C@H](N)[C@@H]1CCCCN1C(=O)Cc1cc(F)ccc1F. The van der Waals surface area contributed by atoms with E-state index in [9.17, 15) is 13.6 Å². The van der Waals surface area contributed by atoms with Crippen LogP contribution in [-0.2, 0) is 11.2 Å². The summed E-state index contributed by atoms with van der Waals surface area (Å²) in [6, 6.07) is 3.06. The molecular formula is C15H20F2N2O. The third-order valence-electron chi connectivity index (χ3n) is 3.83. The maximum atomic E-state index is 13.6. The van der Waals surface area contributed by atoms with Gasteiger partial charge in [0.15, 0.2) is 0 Å². The molecule has 3 nitrogen and oxygen atoms in total. The minimum atomic E-state index is -0.547. The Kier molecular flexibility index (Phi) is 4.70. The number of amides is 1. The molecule has 0 radical (unpaired) electrons. The van der Waals surface area contributed by atoms with Gasteiger partial charge in [0.1, 0.15) is 11.6 Å². The number of nitrogens with zero attached hydrogens (tertiary/aromatic N) is 1. The predicted molar refractivity (Wildman–Crippen MR) is 73.1 cm³/mol. The molecule has 1 fully saturated rings. The van der Waals surface area contributed by atoms with Crippen molar-refractivity contribution in [3.05, 3.63) is 35.4 Å². The molecule has 0 bridgehead atoms. The largest absolute Gasteiger partial charge is 0.338 e. The van der Waals surface area contributed by atoms with Crippen molar-refractivity contribution < 1.29 is 13.6 Å². The van der Waals surface area contributed by atoms with Crippen LogP contribution in [0.5, 0.6) is 0 Å². The van der Waals surface area contributed by atoms with E-state index in [1.165, 1.54) is 0 Å². The molecule has 0 aliphatic carbocycles. The lowest BCUT2D eigenvalue weighted by Crippen LogP contribution is -2.52. The van der Waals surface area contributed by atoms with Gasteiger partial charge in [-0.05, 0) is 44.4 Å². The van der Waals surface area contributed by atoms with E-state index < -0.39 is 11.6 Å². The molecule has 1 heterocycles. The summed E-state index contributed by atoms with van der Waals surface area (Å²) in [6.45, 7) is 2.51. The van der Waals surface area contributed by atoms with Crippen molar-refractivity contribution in [1.82, 2.24) is 4.90 Å². The molecule has 2 rings (SSSR count). The van der Waals surface area contributed by atoms with E-state index in [1.807, 2.05) is 6.92 Å². The Bertz CT molecular complexity index is 491. The van der Waals surface area contributed by atoms with Crippen LogP contribution < -0.4 is 5.73 Å². The molecule has 5 heteroatoms. The number of piperidine rings is 1. The summed E-state index contributed by atoms with van der Waals surface area (Å²) >= 11 is 0. The Morgan fingerprint density at radius 2 is 2.20 bits per heavy atom. The Hall–Kier alpha value is -1.49. The predicted octanol–water partition coefficient (Wildman–Crippen LogP) is 2.24. The molecule has 110 valence electrons. The van der Waals surface area contributed by atoms with Gasteiger partial charge >= 0.3 is 0 Å². The van der Waals surface area contributed by atoms with Crippen LogP contribution in [0.3, 0.4) is 0 Å². The van der Waals surface area contributed by atoms with Crippen LogP contribution in [-0.4, -0.2) is 29.4 Å². The zero-order valence-corrected chi connectivity index (χ0v) is 11.6. The molecule has 2 atom stereocenters. The number of rotatable bonds is 3. The number of halogens is 2. The van der Waals surface area contributed by atoms with Crippen LogP contribution in [0.1, 0.15) is 31.7 Å². The van der Waals surface area contributed by atoms with Crippen LogP contribution in [0.25, 0.3) is 0 Å². The van der Waals surface area contributed by atoms with E-state index in [2.05, 4.69) is 0 Å². The summed E-state index contributed by atoms with van der Waals surface area (Å²) in [5.41, 5.74) is 6.02. The van der Waals surface area contributed by atoms with Crippen LogP contribution in [0.4, 0.5) is 8.78 Å². The van der Waals surface area contributed by atoms with Gasteiger partial charge in [0.2, 0.25) is 5.91 Å². The van der Waals surface area contributed by atoms with Crippen molar-refractivity contribution in [3.63, 3.8) is 0 Å². The molecule has 0 spiro atoms. The molecule has 20 heavy (non-hydrogen) atoms. The second-order valence-electron chi connectivity index (χ2n) is 5.42. The summed E-state index contributed by atoms with van der Waals surface area (Å²) < 4.78 is 26.7. The van der Waals surface area contributed by atoms with E-state index >= 15 is 0 Å². The molecule has 1 aromatic rings. The number of benzene rings is 1. The number of hydrogen-bond donors (Lipinski definition) is 1. The molecule has 0 aromatic heterocycles. The first kappa shape index (κ1) is 14.9. The van der Waals surface area contributed by atoms with Gasteiger partial charge < -0.3 is 10.6 Å². The lowest BCUT2D eigenvalue weighted by atomic mass is 9.96. The zero-order valence-electron chi connectivity index (χ0n) is 11.6. The Labute approximate surface area is 117 Å². The van der Waals surface area contributed by atoms with Crippen molar-refractivity contribution in [2.24, 2.45) is 5.73 Å². The fraction of sp³-hybridized carbons (Fsp3) is 0.533. The molecule has 2 N–H and O–H groups in total. The second kappa shape index (κ2) is 6.31. The van der Waals surface area contributed by atoms with Gasteiger partial charge in [0.05, 0.1) is 6.42 Å². The summed E-state index contributed by atoms with van der Waals surface area (Å²) in [7, 11) is 0. The Morgan fingerprint density at radius 3 is 2.90 bits per heavy atom. The third-order valence-corrected chi connectivity index (χ3v) is 3.83. The number of likely N-dealkylation sites (tertiary alicyclic amines) is 1. The average Bonchev–Trinajstić information content (AvgIpc) is 2.42. The first-order valence-corrected chi connectivity index (χ1v) is 6.98. The molecule has 1 aromatic carbocycles. The molecular weight excluding hydrogens is 262 g/mol. The molecule has 1 aliphatic heterocycles. The normalized spacial score (nSPS) is 20.8. The number of carbonyl (C=O) groups is 1. The van der Waals surface area contributed by atoms with E-state index in [4.69, 9.17) is 5.73 Å². The zero-order chi connectivity index (χ0) is 14.7.